The van der Waals surface area contributed by atoms with Crippen LogP contribution in [0.4, 0.5) is 29.2 Å². The predicted molar refractivity (Wildman–Crippen MR) is 122 cm³/mol. The van der Waals surface area contributed by atoms with E-state index in [0.717, 1.165) is 19.3 Å². The van der Waals surface area contributed by atoms with E-state index in [1.54, 1.807) is 6.07 Å². The first-order valence-corrected chi connectivity index (χ1v) is 11.2. The van der Waals surface area contributed by atoms with E-state index in [2.05, 4.69) is 35.8 Å². The number of imidazole rings is 1. The van der Waals surface area contributed by atoms with Crippen molar-refractivity contribution in [2.45, 2.75) is 58.9 Å². The van der Waals surface area contributed by atoms with Crippen molar-refractivity contribution >= 4 is 29.0 Å². The maximum atomic E-state index is 14.8. The second-order valence-electron chi connectivity index (χ2n) is 9.87. The van der Waals surface area contributed by atoms with Gasteiger partial charge in [0.25, 0.3) is 0 Å². The minimum Gasteiger partial charge on any atom is -0.406 e. The van der Waals surface area contributed by atoms with Gasteiger partial charge in [-0.3, -0.25) is 0 Å². The van der Waals surface area contributed by atoms with Crippen molar-refractivity contribution < 1.29 is 27.1 Å². The van der Waals surface area contributed by atoms with E-state index in [9.17, 15) is 22.4 Å². The zero-order chi connectivity index (χ0) is 24.7. The molecule has 1 aliphatic carbocycles. The zero-order valence-electron chi connectivity index (χ0n) is 19.2. The normalized spacial score (nSPS) is 20.3. The molecule has 4 rings (SSSR count). The first-order valence-electron chi connectivity index (χ1n) is 11.2. The molecule has 0 radical (unpaired) electrons. The highest BCUT2D eigenvalue weighted by Crippen LogP contribution is 2.46. The van der Waals surface area contributed by atoms with Gasteiger partial charge in [-0.25, -0.2) is 9.37 Å². The van der Waals surface area contributed by atoms with Crippen molar-refractivity contribution in [2.75, 3.05) is 5.32 Å². The number of nitrogens with one attached hydrogen (secondary N) is 1. The van der Waals surface area contributed by atoms with Crippen LogP contribution in [0.5, 0.6) is 5.75 Å². The molecule has 2 unspecified atom stereocenters. The van der Waals surface area contributed by atoms with Gasteiger partial charge in [0.15, 0.2) is 0 Å². The quantitative estimate of drug-likeness (QED) is 0.308. The number of fused-ring (bicyclic) bond motifs is 1. The SMILES string of the molecule is CC1CC(n2c(Nc3ccc(OC(F)(F)F)cc3)nc3cc(CC=O)c(F)cc32)CC(C)(C)C1. The Hall–Kier alpha value is -3.10. The lowest BCUT2D eigenvalue weighted by Crippen LogP contribution is -2.29. The predicted octanol–water partition coefficient (Wildman–Crippen LogP) is 6.95. The Bertz CT molecular complexity index is 1190. The Morgan fingerprint density at radius 1 is 1.21 bits per heavy atom. The molecule has 1 N–H and O–H groups in total. The van der Waals surface area contributed by atoms with Crippen molar-refractivity contribution in [2.24, 2.45) is 11.3 Å². The number of nitrogens with zero attached hydrogens (tertiary/aromatic N) is 2. The van der Waals surface area contributed by atoms with Gasteiger partial charge in [0.2, 0.25) is 5.95 Å². The van der Waals surface area contributed by atoms with E-state index in [4.69, 9.17) is 0 Å². The van der Waals surface area contributed by atoms with Crippen LogP contribution in [0.2, 0.25) is 0 Å². The Kier molecular flexibility index (Phi) is 6.31. The van der Waals surface area contributed by atoms with Crippen LogP contribution in [-0.4, -0.2) is 22.2 Å². The van der Waals surface area contributed by atoms with Gasteiger partial charge in [0.05, 0.1) is 11.0 Å². The number of hydrogen-bond donors (Lipinski definition) is 1. The number of benzene rings is 2. The molecule has 0 aliphatic heterocycles. The fourth-order valence-electron chi connectivity index (χ4n) is 5.22. The molecule has 0 spiro atoms. The number of aromatic nitrogens is 2. The molecule has 9 heteroatoms. The molecule has 0 saturated heterocycles. The Morgan fingerprint density at radius 3 is 2.53 bits per heavy atom. The molecule has 0 bridgehead atoms. The smallest absolute Gasteiger partial charge is 0.406 e. The van der Waals surface area contributed by atoms with Gasteiger partial charge >= 0.3 is 6.36 Å². The van der Waals surface area contributed by atoms with Crippen LogP contribution in [0.15, 0.2) is 36.4 Å². The summed E-state index contributed by atoms with van der Waals surface area (Å²) >= 11 is 0. The second kappa shape index (κ2) is 8.92. The van der Waals surface area contributed by atoms with E-state index < -0.39 is 12.2 Å². The average molecular weight is 478 g/mol. The number of alkyl halides is 3. The number of aldehydes is 1. The number of carbonyl (C=O) groups is 1. The van der Waals surface area contributed by atoms with Crippen molar-refractivity contribution in [1.82, 2.24) is 9.55 Å². The van der Waals surface area contributed by atoms with Gasteiger partial charge in [-0.2, -0.15) is 0 Å². The van der Waals surface area contributed by atoms with Gasteiger partial charge in [-0.05, 0) is 66.5 Å². The molecular weight excluding hydrogens is 450 g/mol. The number of halogens is 4. The summed E-state index contributed by atoms with van der Waals surface area (Å²) in [5, 5.41) is 3.19. The third-order valence-corrected chi connectivity index (χ3v) is 6.23. The number of anilines is 2. The molecule has 1 saturated carbocycles. The lowest BCUT2D eigenvalue weighted by Gasteiger charge is -2.40. The van der Waals surface area contributed by atoms with Crippen LogP contribution in [0.1, 0.15) is 51.6 Å². The first-order chi connectivity index (χ1) is 15.9. The number of rotatable bonds is 6. The van der Waals surface area contributed by atoms with Gasteiger partial charge < -0.3 is 19.4 Å². The summed E-state index contributed by atoms with van der Waals surface area (Å²) in [4.78, 5) is 15.6. The summed E-state index contributed by atoms with van der Waals surface area (Å²) < 4.78 is 58.1. The summed E-state index contributed by atoms with van der Waals surface area (Å²) in [6.07, 6.45) is -1.33. The molecule has 0 amide bonds. The minimum atomic E-state index is -4.77. The molecule has 3 aromatic rings. The molecule has 1 aromatic heterocycles. The molecule has 5 nitrogen and oxygen atoms in total. The molecule has 1 heterocycles. The van der Waals surface area contributed by atoms with Gasteiger partial charge in [-0.1, -0.05) is 20.8 Å². The Labute approximate surface area is 195 Å². The fourth-order valence-corrected chi connectivity index (χ4v) is 5.22. The van der Waals surface area contributed by atoms with Crippen LogP contribution < -0.4 is 10.1 Å². The van der Waals surface area contributed by atoms with Gasteiger partial charge in [0, 0.05) is 24.2 Å². The summed E-state index contributed by atoms with van der Waals surface area (Å²) in [7, 11) is 0. The topological polar surface area (TPSA) is 56.1 Å². The number of carbonyl (C=O) groups excluding carboxylic acids is 1. The summed E-state index contributed by atoms with van der Waals surface area (Å²) in [5.74, 6) is 0.133. The summed E-state index contributed by atoms with van der Waals surface area (Å²) in [6.45, 7) is 6.62. The Morgan fingerprint density at radius 2 is 1.91 bits per heavy atom. The van der Waals surface area contributed by atoms with Crippen molar-refractivity contribution in [3.8, 4) is 5.75 Å². The van der Waals surface area contributed by atoms with E-state index in [-0.39, 0.29) is 29.2 Å². The Balaban J connectivity index is 1.75. The molecule has 2 aromatic carbocycles. The third kappa shape index (κ3) is 5.34. The molecule has 182 valence electrons. The zero-order valence-corrected chi connectivity index (χ0v) is 19.2. The maximum Gasteiger partial charge on any atom is 0.573 e. The van der Waals surface area contributed by atoms with E-state index >= 15 is 0 Å². The number of hydrogen-bond acceptors (Lipinski definition) is 4. The monoisotopic (exact) mass is 477 g/mol. The minimum absolute atomic E-state index is 0.0500. The van der Waals surface area contributed by atoms with E-state index in [0.29, 0.717) is 34.9 Å². The van der Waals surface area contributed by atoms with Crippen LogP contribution in [-0.2, 0) is 11.2 Å². The highest BCUT2D eigenvalue weighted by molar-refractivity contribution is 5.81. The van der Waals surface area contributed by atoms with Crippen LogP contribution in [0.3, 0.4) is 0 Å². The van der Waals surface area contributed by atoms with Crippen molar-refractivity contribution in [3.05, 3.63) is 47.8 Å². The van der Waals surface area contributed by atoms with Crippen LogP contribution in [0.25, 0.3) is 11.0 Å². The van der Waals surface area contributed by atoms with Crippen molar-refractivity contribution in [1.29, 1.82) is 0 Å². The second-order valence-corrected chi connectivity index (χ2v) is 9.87. The van der Waals surface area contributed by atoms with Crippen molar-refractivity contribution in [3.63, 3.8) is 0 Å². The molecule has 1 fully saturated rings. The lowest BCUT2D eigenvalue weighted by molar-refractivity contribution is -0.274. The van der Waals surface area contributed by atoms with E-state index in [1.807, 2.05) is 4.57 Å². The largest absolute Gasteiger partial charge is 0.573 e. The molecule has 1 aliphatic rings. The molecular formula is C25H27F4N3O2. The summed E-state index contributed by atoms with van der Waals surface area (Å²) in [5.41, 5.74) is 2.03. The molecule has 34 heavy (non-hydrogen) atoms. The first kappa shape index (κ1) is 24.0. The average Bonchev–Trinajstić information content (AvgIpc) is 3.04. The fraction of sp³-hybridized carbons (Fsp3) is 0.440. The molecule has 2 atom stereocenters. The summed E-state index contributed by atoms with van der Waals surface area (Å²) in [6, 6.07) is 8.42. The van der Waals surface area contributed by atoms with E-state index in [1.165, 1.54) is 30.3 Å². The standard InChI is InChI=1S/C25H27F4N3O2/c1-15-10-18(14-24(2,3)13-15)32-22-12-20(26)16(8-9-33)11-21(22)31-23(32)30-17-4-6-19(7-5-17)34-25(27,28)29/h4-7,9,11-12,15,18H,8,10,13-14H2,1-3H3,(H,30,31). The van der Waals surface area contributed by atoms with Crippen LogP contribution >= 0.6 is 0 Å². The van der Waals surface area contributed by atoms with Gasteiger partial charge in [0.1, 0.15) is 17.9 Å². The highest BCUT2D eigenvalue weighted by atomic mass is 19.4. The maximum absolute atomic E-state index is 14.8. The third-order valence-electron chi connectivity index (χ3n) is 6.23. The lowest BCUT2D eigenvalue weighted by atomic mass is 9.70. The van der Waals surface area contributed by atoms with Gasteiger partial charge in [-0.15, -0.1) is 13.2 Å². The van der Waals surface area contributed by atoms with Crippen LogP contribution in [0, 0.1) is 17.2 Å². The highest BCUT2D eigenvalue weighted by Gasteiger charge is 2.35. The number of ether oxygens (including phenoxy) is 1.